The molecule has 2 N–H and O–H groups in total. The molecule has 0 amide bonds. The maximum Gasteiger partial charge on any atom is 1.00 e. The van der Waals surface area contributed by atoms with Gasteiger partial charge in [0.15, 0.2) is 0 Å². The van der Waals surface area contributed by atoms with Crippen LogP contribution in [0, 0.1) is 6.42 Å². The number of allylic oxidation sites excluding steroid dienone is 2. The third-order valence-electron chi connectivity index (χ3n) is 8.21. The zero-order valence-corrected chi connectivity index (χ0v) is 34.5. The molecule has 1 saturated heterocycles. The summed E-state index contributed by atoms with van der Waals surface area (Å²) in [6.07, 6.45) is 7.54. The number of fused-ring (bicyclic) bond motifs is 1. The van der Waals surface area contributed by atoms with Crippen LogP contribution in [0.1, 0.15) is 57.1 Å². The van der Waals surface area contributed by atoms with E-state index in [1.54, 1.807) is 0 Å². The van der Waals surface area contributed by atoms with Crippen molar-refractivity contribution >= 4 is 0 Å². The van der Waals surface area contributed by atoms with Crippen LogP contribution in [0.2, 0.25) is 0 Å². The molecule has 5 aromatic rings. The predicted octanol–water partition coefficient (Wildman–Crippen LogP) is 6.77. The molecule has 1 heterocycles. The van der Waals surface area contributed by atoms with E-state index >= 15 is 0 Å². The van der Waals surface area contributed by atoms with Gasteiger partial charge in [-0.25, -0.2) is 0 Å². The molecule has 0 saturated carbocycles. The van der Waals surface area contributed by atoms with Crippen LogP contribution in [0.5, 0.6) is 0 Å². The van der Waals surface area contributed by atoms with Crippen LogP contribution in [0.4, 0.5) is 0 Å². The molecule has 1 aliphatic carbocycles. The van der Waals surface area contributed by atoms with Crippen LogP contribution in [0.3, 0.4) is 0 Å². The maximum atomic E-state index is 9.15. The summed E-state index contributed by atoms with van der Waals surface area (Å²) in [7, 11) is 0. The van der Waals surface area contributed by atoms with E-state index in [4.69, 9.17) is 14.9 Å². The smallest absolute Gasteiger partial charge is 1.00 e. The van der Waals surface area contributed by atoms with Crippen LogP contribution in [-0.4, -0.2) is 72.7 Å². The minimum absolute atomic E-state index is 0. The fourth-order valence-electron chi connectivity index (χ4n) is 5.55. The Labute approximate surface area is 384 Å². The van der Waals surface area contributed by atoms with E-state index < -0.39 is 0 Å². The second-order valence-electron chi connectivity index (χ2n) is 12.5. The SMILES string of the molecule is C.C.C.C1=CCc2ccccc2[CH-]1.C1CO1.OCCN(Cc1ccccc1)Cc1ccccc1.OCCOCCN(Cc1ccccc1)Cc1ccccc1.[H-].[K+]. The van der Waals surface area contributed by atoms with Crippen LogP contribution < -0.4 is 51.4 Å². The summed E-state index contributed by atoms with van der Waals surface area (Å²) >= 11 is 0. The van der Waals surface area contributed by atoms with E-state index in [-0.39, 0.29) is 88.3 Å². The first-order valence-corrected chi connectivity index (χ1v) is 18.3. The van der Waals surface area contributed by atoms with Gasteiger partial charge in [-0.1, -0.05) is 156 Å². The molecule has 0 aromatic heterocycles. The van der Waals surface area contributed by atoms with Crippen molar-refractivity contribution in [1.29, 1.82) is 0 Å². The van der Waals surface area contributed by atoms with E-state index in [9.17, 15) is 0 Å². The maximum absolute atomic E-state index is 9.15. The number of ether oxygens (including phenoxy) is 2. The first-order valence-electron chi connectivity index (χ1n) is 18.3. The second-order valence-corrected chi connectivity index (χ2v) is 12.5. The van der Waals surface area contributed by atoms with Crippen LogP contribution in [-0.2, 0) is 42.1 Å². The van der Waals surface area contributed by atoms with Crippen LogP contribution in [0.25, 0.3) is 0 Å². The van der Waals surface area contributed by atoms with Crippen LogP contribution in [0.15, 0.2) is 158 Å². The molecule has 2 aliphatic rings. The molecule has 5 aromatic carbocycles. The molecule has 6 nitrogen and oxygen atoms in total. The van der Waals surface area contributed by atoms with E-state index in [1.165, 1.54) is 33.4 Å². The molecule has 0 spiro atoms. The number of aliphatic hydroxyl groups excluding tert-OH is 2. The Bertz CT molecular complexity index is 1520. The van der Waals surface area contributed by atoms with Crippen molar-refractivity contribution in [3.8, 4) is 0 Å². The quantitative estimate of drug-likeness (QED) is 0.0529. The normalized spacial score (nSPS) is 11.4. The zero-order valence-electron chi connectivity index (χ0n) is 32.4. The van der Waals surface area contributed by atoms with E-state index in [0.717, 1.165) is 52.4 Å². The largest absolute Gasteiger partial charge is 1.00 e. The van der Waals surface area contributed by atoms with Gasteiger partial charge < -0.3 is 21.1 Å². The molecule has 0 unspecified atom stereocenters. The van der Waals surface area contributed by atoms with Gasteiger partial charge in [-0.05, 0) is 22.3 Å². The molecular weight excluding hydrogens is 720 g/mol. The fraction of sp³-hybridized carbons (Fsp3) is 0.327. The van der Waals surface area contributed by atoms with Gasteiger partial charge >= 0.3 is 51.4 Å². The van der Waals surface area contributed by atoms with Crippen molar-refractivity contribution in [2.24, 2.45) is 0 Å². The molecular formula is C49H68KN2O4-. The molecule has 0 radical (unpaired) electrons. The average Bonchev–Trinajstić information content (AvgIpc) is 4.09. The first-order chi connectivity index (χ1) is 25.7. The van der Waals surface area contributed by atoms with Crippen molar-refractivity contribution in [2.75, 3.05) is 52.7 Å². The monoisotopic (exact) mass is 787 g/mol. The number of hydrogen-bond acceptors (Lipinski definition) is 6. The Hall–Kier alpha value is -2.89. The molecule has 300 valence electrons. The van der Waals surface area contributed by atoms with Gasteiger partial charge in [0.25, 0.3) is 0 Å². The summed E-state index contributed by atoms with van der Waals surface area (Å²) in [5.74, 6) is 0. The van der Waals surface area contributed by atoms with E-state index in [0.29, 0.717) is 19.8 Å². The van der Waals surface area contributed by atoms with Crippen molar-refractivity contribution in [2.45, 2.75) is 54.9 Å². The number of nitrogens with zero attached hydrogens (tertiary/aromatic N) is 2. The summed E-state index contributed by atoms with van der Waals surface area (Å²) in [4.78, 5) is 4.62. The summed E-state index contributed by atoms with van der Waals surface area (Å²) in [6.45, 7) is 8.42. The number of rotatable bonds is 15. The van der Waals surface area contributed by atoms with Gasteiger partial charge in [-0.3, -0.25) is 9.80 Å². The second kappa shape index (κ2) is 34.2. The number of aliphatic hydroxyl groups is 2. The Morgan fingerprint density at radius 3 is 1.30 bits per heavy atom. The van der Waals surface area contributed by atoms with Gasteiger partial charge in [-0.2, -0.15) is 6.08 Å². The third kappa shape index (κ3) is 24.0. The average molecular weight is 788 g/mol. The predicted molar refractivity (Wildman–Crippen MR) is 234 cm³/mol. The molecule has 0 atom stereocenters. The summed E-state index contributed by atoms with van der Waals surface area (Å²) in [5.41, 5.74) is 7.96. The summed E-state index contributed by atoms with van der Waals surface area (Å²) in [6, 6.07) is 50.2. The van der Waals surface area contributed by atoms with Gasteiger partial charge in [-0.15, -0.1) is 41.8 Å². The number of epoxide rings is 1. The number of benzene rings is 5. The fourth-order valence-corrected chi connectivity index (χ4v) is 5.55. The molecule has 0 bridgehead atoms. The molecule has 7 rings (SSSR count). The minimum atomic E-state index is 0. The molecule has 1 aliphatic heterocycles. The Morgan fingerprint density at radius 1 is 0.536 bits per heavy atom. The standard InChI is InChI=1S/C18H23NO2.C16H19NO.C10H9.C2H4O.3CH4.K.H/c20-12-14-21-13-11-19(15-17-7-3-1-4-8-17)16-18-9-5-2-6-10-18;18-12-11-17(13-15-7-3-1-4-8-15)14-16-9-5-2-6-10-16;1-2-6-10-8-4-3-7-9(10)5-1;1-2-3-1;;;;;/h1-10,20H,11-16H2;1-10,18H,11-14H2;1-7H,8H2;1-2H2;3*1H4;;/q;;-1;;;;;+1;-1. The molecule has 7 heteroatoms. The van der Waals surface area contributed by atoms with Crippen LogP contribution >= 0.6 is 0 Å². The Balaban J connectivity index is 0. The minimum Gasteiger partial charge on any atom is -1.00 e. The van der Waals surface area contributed by atoms with Crippen molar-refractivity contribution in [1.82, 2.24) is 9.80 Å². The van der Waals surface area contributed by atoms with Gasteiger partial charge in [0.2, 0.25) is 0 Å². The van der Waals surface area contributed by atoms with Crippen molar-refractivity contribution < 1.29 is 72.5 Å². The molecule has 1 fully saturated rings. The van der Waals surface area contributed by atoms with Gasteiger partial charge in [0.05, 0.1) is 39.6 Å². The summed E-state index contributed by atoms with van der Waals surface area (Å²) < 4.78 is 9.90. The first kappa shape index (κ1) is 53.1. The Morgan fingerprint density at radius 2 is 0.929 bits per heavy atom. The number of hydrogen-bond donors (Lipinski definition) is 2. The van der Waals surface area contributed by atoms with Crippen molar-refractivity contribution in [3.05, 3.63) is 198 Å². The topological polar surface area (TPSA) is 68.7 Å². The third-order valence-corrected chi connectivity index (χ3v) is 8.21. The van der Waals surface area contributed by atoms with E-state index in [2.05, 4.69) is 154 Å². The Kier molecular flexibility index (Phi) is 32.4. The zero-order chi connectivity index (χ0) is 36.3. The van der Waals surface area contributed by atoms with Gasteiger partial charge in [0, 0.05) is 39.3 Å². The summed E-state index contributed by atoms with van der Waals surface area (Å²) in [5, 5.41) is 17.9. The molecule has 56 heavy (non-hydrogen) atoms. The van der Waals surface area contributed by atoms with Crippen molar-refractivity contribution in [3.63, 3.8) is 0 Å². The van der Waals surface area contributed by atoms with Gasteiger partial charge in [0.1, 0.15) is 0 Å². The van der Waals surface area contributed by atoms with E-state index in [1.807, 2.05) is 24.3 Å².